The van der Waals surface area contributed by atoms with Crippen molar-refractivity contribution in [3.8, 4) is 0 Å². The molecule has 0 aromatic carbocycles. The molecule has 1 heteroatoms. The zero-order valence-corrected chi connectivity index (χ0v) is 12.5. The van der Waals surface area contributed by atoms with Crippen LogP contribution in [0, 0.1) is 17.3 Å². The fourth-order valence-electron chi connectivity index (χ4n) is 1.83. The van der Waals surface area contributed by atoms with E-state index in [9.17, 15) is 0 Å². The van der Waals surface area contributed by atoms with E-state index in [-0.39, 0.29) is 51.4 Å². The van der Waals surface area contributed by atoms with Gasteiger partial charge >= 0.3 is 51.4 Å². The smallest absolute Gasteiger partial charge is 0.311 e. The van der Waals surface area contributed by atoms with Crippen molar-refractivity contribution < 1.29 is 51.4 Å². The van der Waals surface area contributed by atoms with Gasteiger partial charge in [-0.15, -0.1) is 0 Å². The average molecular weight is 192 g/mol. The van der Waals surface area contributed by atoms with E-state index < -0.39 is 0 Å². The van der Waals surface area contributed by atoms with Crippen molar-refractivity contribution in [3.63, 3.8) is 0 Å². The van der Waals surface area contributed by atoms with Gasteiger partial charge in [0.1, 0.15) is 0 Å². The Balaban J connectivity index is 0.00000121. The quantitative estimate of drug-likeness (QED) is 0.426. The van der Waals surface area contributed by atoms with Crippen LogP contribution in [-0.2, 0) is 0 Å². The SMILES string of the molecule is CC(C)[C-]1CCC(C)(C)CC1.[K+]. The third-order valence-corrected chi connectivity index (χ3v) is 3.06. The van der Waals surface area contributed by atoms with E-state index in [0.29, 0.717) is 5.41 Å². The van der Waals surface area contributed by atoms with E-state index in [1.165, 1.54) is 25.7 Å². The zero-order chi connectivity index (χ0) is 8.48. The Morgan fingerprint density at radius 2 is 1.50 bits per heavy atom. The summed E-state index contributed by atoms with van der Waals surface area (Å²) in [6, 6.07) is 0. The summed E-state index contributed by atoms with van der Waals surface area (Å²) in [5, 5.41) is 0. The van der Waals surface area contributed by atoms with Crippen LogP contribution in [0.15, 0.2) is 0 Å². The summed E-state index contributed by atoms with van der Waals surface area (Å²) in [6.45, 7) is 9.44. The molecule has 1 aliphatic rings. The van der Waals surface area contributed by atoms with Gasteiger partial charge in [-0.3, -0.25) is 0 Å². The fraction of sp³-hybridized carbons (Fsp3) is 0.909. The van der Waals surface area contributed by atoms with Crippen molar-refractivity contribution >= 4 is 0 Å². The van der Waals surface area contributed by atoms with Gasteiger partial charge in [-0.2, -0.15) is 18.8 Å². The summed E-state index contributed by atoms with van der Waals surface area (Å²) in [4.78, 5) is 0. The monoisotopic (exact) mass is 192 g/mol. The molecule has 0 atom stereocenters. The van der Waals surface area contributed by atoms with Gasteiger partial charge in [-0.05, 0) is 5.41 Å². The maximum absolute atomic E-state index is 2.39. The summed E-state index contributed by atoms with van der Waals surface area (Å²) in [7, 11) is 0. The minimum absolute atomic E-state index is 0. The molecule has 12 heavy (non-hydrogen) atoms. The van der Waals surface area contributed by atoms with Crippen LogP contribution in [0.5, 0.6) is 0 Å². The minimum Gasteiger partial charge on any atom is -0.311 e. The van der Waals surface area contributed by atoms with Gasteiger partial charge in [0, 0.05) is 0 Å². The van der Waals surface area contributed by atoms with E-state index in [4.69, 9.17) is 0 Å². The van der Waals surface area contributed by atoms with Crippen LogP contribution in [-0.4, -0.2) is 0 Å². The summed E-state index contributed by atoms with van der Waals surface area (Å²) in [5.41, 5.74) is 0.623. The minimum atomic E-state index is 0. The molecule has 0 heterocycles. The van der Waals surface area contributed by atoms with Crippen LogP contribution in [0.4, 0.5) is 0 Å². The second kappa shape index (κ2) is 5.50. The van der Waals surface area contributed by atoms with E-state index in [2.05, 4.69) is 27.7 Å². The Morgan fingerprint density at radius 3 is 1.83 bits per heavy atom. The predicted molar refractivity (Wildman–Crippen MR) is 50.3 cm³/mol. The number of hydrogen-bond donors (Lipinski definition) is 0. The molecular formula is C11H21K. The van der Waals surface area contributed by atoms with Crippen LogP contribution in [0.2, 0.25) is 0 Å². The predicted octanol–water partition coefficient (Wildman–Crippen LogP) is 0.821. The summed E-state index contributed by atoms with van der Waals surface area (Å²) < 4.78 is 0. The normalized spacial score (nSPS) is 23.8. The molecule has 66 valence electrons. The van der Waals surface area contributed by atoms with Gasteiger partial charge in [-0.25, -0.2) is 0 Å². The number of rotatable bonds is 1. The van der Waals surface area contributed by atoms with Crippen LogP contribution in [0.3, 0.4) is 0 Å². The summed E-state index contributed by atoms with van der Waals surface area (Å²) in [6.07, 6.45) is 5.57. The third-order valence-electron chi connectivity index (χ3n) is 3.06. The van der Waals surface area contributed by atoms with Crippen molar-refractivity contribution in [1.82, 2.24) is 0 Å². The zero-order valence-electron chi connectivity index (χ0n) is 9.41. The largest absolute Gasteiger partial charge is 1.00 e. The summed E-state index contributed by atoms with van der Waals surface area (Å²) >= 11 is 0. The molecule has 1 aliphatic carbocycles. The van der Waals surface area contributed by atoms with Crippen LogP contribution in [0.25, 0.3) is 0 Å². The Hall–Kier alpha value is 1.64. The van der Waals surface area contributed by atoms with Gasteiger partial charge < -0.3 is 5.92 Å². The Morgan fingerprint density at radius 1 is 1.08 bits per heavy atom. The summed E-state index contributed by atoms with van der Waals surface area (Å²) in [5.74, 6) is 2.62. The number of hydrogen-bond acceptors (Lipinski definition) is 0. The van der Waals surface area contributed by atoms with E-state index in [1.54, 1.807) is 5.92 Å². The molecule has 0 aromatic rings. The van der Waals surface area contributed by atoms with E-state index >= 15 is 0 Å². The van der Waals surface area contributed by atoms with E-state index in [1.807, 2.05) is 0 Å². The van der Waals surface area contributed by atoms with Crippen LogP contribution >= 0.6 is 0 Å². The second-order valence-corrected chi connectivity index (χ2v) is 4.98. The van der Waals surface area contributed by atoms with Crippen molar-refractivity contribution in [2.75, 3.05) is 0 Å². The van der Waals surface area contributed by atoms with Gasteiger partial charge in [0.15, 0.2) is 0 Å². The van der Waals surface area contributed by atoms with Gasteiger partial charge in [0.2, 0.25) is 0 Å². The molecule has 0 spiro atoms. The van der Waals surface area contributed by atoms with Crippen molar-refractivity contribution in [2.45, 2.75) is 53.4 Å². The molecule has 0 nitrogen and oxygen atoms in total. The first-order valence-electron chi connectivity index (χ1n) is 4.86. The first kappa shape index (κ1) is 13.6. The fourth-order valence-corrected chi connectivity index (χ4v) is 1.83. The van der Waals surface area contributed by atoms with Crippen LogP contribution in [0.1, 0.15) is 53.4 Å². The van der Waals surface area contributed by atoms with Gasteiger partial charge in [0.05, 0.1) is 0 Å². The second-order valence-electron chi connectivity index (χ2n) is 4.98. The maximum atomic E-state index is 2.39. The molecule has 1 saturated carbocycles. The molecule has 0 saturated heterocycles. The molecular weight excluding hydrogens is 171 g/mol. The molecule has 0 aromatic heterocycles. The van der Waals surface area contributed by atoms with Gasteiger partial charge in [-0.1, -0.05) is 40.5 Å². The first-order chi connectivity index (χ1) is 5.01. The molecule has 0 amide bonds. The third kappa shape index (κ3) is 4.23. The molecule has 1 rings (SSSR count). The van der Waals surface area contributed by atoms with Crippen molar-refractivity contribution in [1.29, 1.82) is 0 Å². The maximum Gasteiger partial charge on any atom is 1.00 e. The van der Waals surface area contributed by atoms with Gasteiger partial charge in [0.25, 0.3) is 0 Å². The average Bonchev–Trinajstić information content (AvgIpc) is 1.86. The Kier molecular flexibility index (Phi) is 6.25. The molecule has 0 bridgehead atoms. The molecule has 0 radical (unpaired) electrons. The molecule has 0 N–H and O–H groups in total. The Labute approximate surface area is 120 Å². The molecule has 0 unspecified atom stereocenters. The topological polar surface area (TPSA) is 0 Å². The first-order valence-corrected chi connectivity index (χ1v) is 4.86. The molecule has 0 aliphatic heterocycles. The van der Waals surface area contributed by atoms with Crippen molar-refractivity contribution in [2.24, 2.45) is 11.3 Å². The standard InChI is InChI=1S/C11H21.K/c1-9(2)10-5-7-11(3,4)8-6-10;/h9H,5-8H2,1-4H3;/q-1;+1. The Bertz CT molecular complexity index is 117. The van der Waals surface area contributed by atoms with Crippen molar-refractivity contribution in [3.05, 3.63) is 5.92 Å². The van der Waals surface area contributed by atoms with Crippen LogP contribution < -0.4 is 51.4 Å². The molecule has 1 fully saturated rings. The van der Waals surface area contributed by atoms with E-state index in [0.717, 1.165) is 5.92 Å².